The van der Waals surface area contributed by atoms with Crippen molar-refractivity contribution in [2.45, 2.75) is 25.5 Å². The molecule has 0 spiro atoms. The number of hydrogen-bond donors (Lipinski definition) is 1. The lowest BCUT2D eigenvalue weighted by atomic mass is 10.1. The zero-order valence-corrected chi connectivity index (χ0v) is 12.9. The molecular weight excluding hydrogens is 334 g/mol. The normalized spacial score (nSPS) is 19.2. The minimum atomic E-state index is 0.0516. The van der Waals surface area contributed by atoms with Gasteiger partial charge in [-0.15, -0.1) is 0 Å². The maximum absolute atomic E-state index is 5.76. The van der Waals surface area contributed by atoms with Crippen molar-refractivity contribution >= 4 is 27.0 Å². The number of rotatable bonds is 2. The summed E-state index contributed by atoms with van der Waals surface area (Å²) in [4.78, 5) is 0. The Labute approximate surface area is 129 Å². The van der Waals surface area contributed by atoms with Crippen molar-refractivity contribution in [3.8, 4) is 11.1 Å². The first-order chi connectivity index (χ1) is 10.3. The summed E-state index contributed by atoms with van der Waals surface area (Å²) in [6.45, 7) is 0.811. The summed E-state index contributed by atoms with van der Waals surface area (Å²) < 4.78 is 8.60. The van der Waals surface area contributed by atoms with Gasteiger partial charge < -0.3 is 4.74 Å². The van der Waals surface area contributed by atoms with Gasteiger partial charge in [0.05, 0.1) is 6.20 Å². The molecular formula is C14H14BrN5O. The number of nitrogens with one attached hydrogen (secondary N) is 1. The fourth-order valence-electron chi connectivity index (χ4n) is 2.70. The molecule has 1 saturated heterocycles. The van der Waals surface area contributed by atoms with Gasteiger partial charge in [-0.1, -0.05) is 6.07 Å². The molecule has 4 rings (SSSR count). The van der Waals surface area contributed by atoms with Gasteiger partial charge in [0.15, 0.2) is 0 Å². The molecule has 1 aliphatic rings. The summed E-state index contributed by atoms with van der Waals surface area (Å²) in [6.07, 6.45) is 7.27. The second kappa shape index (κ2) is 5.23. The first kappa shape index (κ1) is 13.0. The van der Waals surface area contributed by atoms with E-state index in [9.17, 15) is 0 Å². The Morgan fingerprint density at radius 2 is 2.14 bits per heavy atom. The fraction of sp³-hybridized carbons (Fsp3) is 0.357. The zero-order valence-electron chi connectivity index (χ0n) is 11.3. The standard InChI is InChI=1S/C14H14BrN5O/c15-11-5-4-10(13-14(11)18-19-17-13)9-7-16-20(8-9)12-3-1-2-6-21-12/h4-5,7-8,12H,1-3,6H2,(H,17,18,19). The van der Waals surface area contributed by atoms with Crippen LogP contribution in [-0.2, 0) is 4.74 Å². The molecule has 2 aromatic heterocycles. The minimum Gasteiger partial charge on any atom is -0.357 e. The number of H-pyrrole nitrogens is 1. The Balaban J connectivity index is 1.74. The molecule has 3 heterocycles. The van der Waals surface area contributed by atoms with Gasteiger partial charge in [-0.05, 0) is 41.3 Å². The molecule has 21 heavy (non-hydrogen) atoms. The maximum Gasteiger partial charge on any atom is 0.150 e. The molecule has 0 bridgehead atoms. The molecule has 1 atom stereocenters. The summed E-state index contributed by atoms with van der Waals surface area (Å²) in [5.74, 6) is 0. The summed E-state index contributed by atoms with van der Waals surface area (Å²) in [5.41, 5.74) is 3.71. The molecule has 1 aromatic carbocycles. The number of nitrogens with zero attached hydrogens (tertiary/aromatic N) is 4. The fourth-order valence-corrected chi connectivity index (χ4v) is 3.11. The van der Waals surface area contributed by atoms with Crippen LogP contribution in [0.5, 0.6) is 0 Å². The smallest absolute Gasteiger partial charge is 0.150 e. The van der Waals surface area contributed by atoms with Gasteiger partial charge in [0.25, 0.3) is 0 Å². The van der Waals surface area contributed by atoms with Crippen molar-refractivity contribution in [3.05, 3.63) is 29.0 Å². The summed E-state index contributed by atoms with van der Waals surface area (Å²) >= 11 is 3.49. The lowest BCUT2D eigenvalue weighted by Crippen LogP contribution is -2.18. The van der Waals surface area contributed by atoms with E-state index in [-0.39, 0.29) is 6.23 Å². The van der Waals surface area contributed by atoms with Gasteiger partial charge in [0, 0.05) is 28.4 Å². The predicted molar refractivity (Wildman–Crippen MR) is 81.6 cm³/mol. The molecule has 0 amide bonds. The van der Waals surface area contributed by atoms with Crippen molar-refractivity contribution in [1.82, 2.24) is 25.2 Å². The molecule has 1 aliphatic heterocycles. The predicted octanol–water partition coefficient (Wildman–Crippen LogP) is 3.28. The Morgan fingerprint density at radius 3 is 3.00 bits per heavy atom. The number of halogens is 1. The van der Waals surface area contributed by atoms with Crippen LogP contribution in [0.4, 0.5) is 0 Å². The number of fused-ring (bicyclic) bond motifs is 1. The van der Waals surface area contributed by atoms with Gasteiger partial charge in [-0.2, -0.15) is 20.5 Å². The van der Waals surface area contributed by atoms with Crippen LogP contribution in [0, 0.1) is 0 Å². The van der Waals surface area contributed by atoms with E-state index in [1.807, 2.05) is 29.2 Å². The third kappa shape index (κ3) is 2.26. The molecule has 1 unspecified atom stereocenters. The number of aromatic amines is 1. The van der Waals surface area contributed by atoms with Crippen molar-refractivity contribution in [1.29, 1.82) is 0 Å². The molecule has 0 radical (unpaired) electrons. The van der Waals surface area contributed by atoms with Crippen LogP contribution >= 0.6 is 15.9 Å². The second-order valence-electron chi connectivity index (χ2n) is 5.15. The average Bonchev–Trinajstić information content (AvgIpc) is 3.18. The Morgan fingerprint density at radius 1 is 1.24 bits per heavy atom. The largest absolute Gasteiger partial charge is 0.357 e. The van der Waals surface area contributed by atoms with E-state index in [1.54, 1.807) is 0 Å². The van der Waals surface area contributed by atoms with Crippen molar-refractivity contribution in [2.75, 3.05) is 6.61 Å². The molecule has 7 heteroatoms. The van der Waals surface area contributed by atoms with E-state index in [0.29, 0.717) is 0 Å². The monoisotopic (exact) mass is 347 g/mol. The first-order valence-corrected chi connectivity index (χ1v) is 7.77. The Bertz CT molecular complexity index is 775. The lowest BCUT2D eigenvalue weighted by molar-refractivity contribution is -0.0394. The third-order valence-electron chi connectivity index (χ3n) is 3.79. The highest BCUT2D eigenvalue weighted by atomic mass is 79.9. The Kier molecular flexibility index (Phi) is 3.23. The highest BCUT2D eigenvalue weighted by molar-refractivity contribution is 9.10. The Hall–Kier alpha value is -1.73. The van der Waals surface area contributed by atoms with E-state index < -0.39 is 0 Å². The highest BCUT2D eigenvalue weighted by Crippen LogP contribution is 2.31. The molecule has 0 saturated carbocycles. The molecule has 6 nitrogen and oxygen atoms in total. The van der Waals surface area contributed by atoms with Crippen molar-refractivity contribution in [3.63, 3.8) is 0 Å². The van der Waals surface area contributed by atoms with Crippen molar-refractivity contribution < 1.29 is 4.74 Å². The molecule has 1 N–H and O–H groups in total. The zero-order chi connectivity index (χ0) is 14.2. The number of aromatic nitrogens is 5. The van der Waals surface area contributed by atoms with Gasteiger partial charge in [-0.3, -0.25) is 0 Å². The van der Waals surface area contributed by atoms with Gasteiger partial charge in [0.2, 0.25) is 0 Å². The highest BCUT2D eigenvalue weighted by Gasteiger charge is 2.18. The quantitative estimate of drug-likeness (QED) is 0.772. The van der Waals surface area contributed by atoms with Crippen LogP contribution in [0.3, 0.4) is 0 Å². The molecule has 3 aromatic rings. The van der Waals surface area contributed by atoms with E-state index >= 15 is 0 Å². The number of hydrogen-bond acceptors (Lipinski definition) is 4. The van der Waals surface area contributed by atoms with E-state index in [2.05, 4.69) is 36.4 Å². The third-order valence-corrected chi connectivity index (χ3v) is 4.43. The SMILES string of the molecule is Brc1ccc(-c2cnn(C3CCCCO3)c2)c2n[nH]nc12. The molecule has 1 fully saturated rings. The van der Waals surface area contributed by atoms with Crippen LogP contribution in [0.1, 0.15) is 25.5 Å². The summed E-state index contributed by atoms with van der Waals surface area (Å²) in [6, 6.07) is 4.01. The minimum absolute atomic E-state index is 0.0516. The topological polar surface area (TPSA) is 68.6 Å². The number of ether oxygens (including phenoxy) is 1. The van der Waals surface area contributed by atoms with Crippen LogP contribution in [0.15, 0.2) is 29.0 Å². The lowest BCUT2D eigenvalue weighted by Gasteiger charge is -2.22. The summed E-state index contributed by atoms with van der Waals surface area (Å²) in [7, 11) is 0. The molecule has 108 valence electrons. The van der Waals surface area contributed by atoms with Gasteiger partial charge in [-0.25, -0.2) is 4.68 Å². The summed E-state index contributed by atoms with van der Waals surface area (Å²) in [5, 5.41) is 15.5. The second-order valence-corrected chi connectivity index (χ2v) is 6.00. The van der Waals surface area contributed by atoms with Gasteiger partial charge >= 0.3 is 0 Å². The van der Waals surface area contributed by atoms with Crippen LogP contribution in [0.25, 0.3) is 22.2 Å². The number of benzene rings is 1. The van der Waals surface area contributed by atoms with Crippen LogP contribution < -0.4 is 0 Å². The first-order valence-electron chi connectivity index (χ1n) is 6.98. The van der Waals surface area contributed by atoms with Crippen molar-refractivity contribution in [2.24, 2.45) is 0 Å². The maximum atomic E-state index is 5.76. The molecule has 0 aliphatic carbocycles. The van der Waals surface area contributed by atoms with Crippen LogP contribution in [0.2, 0.25) is 0 Å². The van der Waals surface area contributed by atoms with E-state index in [1.165, 1.54) is 6.42 Å². The van der Waals surface area contributed by atoms with E-state index in [4.69, 9.17) is 4.74 Å². The van der Waals surface area contributed by atoms with Crippen LogP contribution in [-0.4, -0.2) is 31.8 Å². The van der Waals surface area contributed by atoms with E-state index in [0.717, 1.165) is 46.1 Å². The average molecular weight is 348 g/mol. The van der Waals surface area contributed by atoms with Gasteiger partial charge in [0.1, 0.15) is 17.3 Å².